The van der Waals surface area contributed by atoms with Crippen molar-refractivity contribution in [3.05, 3.63) is 85.1 Å². The molecule has 0 aromatic heterocycles. The Bertz CT molecular complexity index is 1260. The summed E-state index contributed by atoms with van der Waals surface area (Å²) in [5, 5.41) is 0. The second kappa shape index (κ2) is 39.6. The number of rotatable bonds is 39. The zero-order valence-corrected chi connectivity index (χ0v) is 38.1. The third-order valence-corrected chi connectivity index (χ3v) is 9.90. The third kappa shape index (κ3) is 42.8. The lowest BCUT2D eigenvalue weighted by molar-refractivity contribution is -0.870. The van der Waals surface area contributed by atoms with Crippen LogP contribution >= 0.6 is 7.82 Å². The monoisotopic (exact) mass is 833 g/mol. The van der Waals surface area contributed by atoms with Crippen LogP contribution in [-0.2, 0) is 32.7 Å². The Kier molecular flexibility index (Phi) is 37.7. The molecule has 0 heterocycles. The van der Waals surface area contributed by atoms with Crippen LogP contribution in [0.3, 0.4) is 0 Å². The minimum absolute atomic E-state index is 0.0207. The minimum Gasteiger partial charge on any atom is -0.462 e. The van der Waals surface area contributed by atoms with Crippen molar-refractivity contribution in [1.29, 1.82) is 0 Å². The van der Waals surface area contributed by atoms with Gasteiger partial charge >= 0.3 is 19.8 Å². The maximum absolute atomic E-state index is 12.7. The third-order valence-electron chi connectivity index (χ3n) is 8.92. The van der Waals surface area contributed by atoms with Crippen LogP contribution in [0.2, 0.25) is 0 Å². The van der Waals surface area contributed by atoms with Crippen molar-refractivity contribution >= 4 is 19.8 Å². The van der Waals surface area contributed by atoms with Crippen molar-refractivity contribution in [3.63, 3.8) is 0 Å². The van der Waals surface area contributed by atoms with Gasteiger partial charge in [-0.3, -0.25) is 18.6 Å². The zero-order chi connectivity index (χ0) is 42.8. The van der Waals surface area contributed by atoms with Crippen LogP contribution < -0.4 is 0 Å². The van der Waals surface area contributed by atoms with Gasteiger partial charge in [0.25, 0.3) is 0 Å². The fourth-order valence-electron chi connectivity index (χ4n) is 5.49. The highest BCUT2D eigenvalue weighted by Crippen LogP contribution is 2.43. The summed E-state index contributed by atoms with van der Waals surface area (Å²) in [7, 11) is 1.44. The zero-order valence-electron chi connectivity index (χ0n) is 37.2. The number of allylic oxidation sites excluding steroid dienone is 14. The molecule has 0 rings (SSSR count). The number of phosphoric acid groups is 1. The maximum Gasteiger partial charge on any atom is 0.472 e. The Morgan fingerprint density at radius 1 is 0.534 bits per heavy atom. The molecule has 58 heavy (non-hydrogen) atoms. The number of carbonyl (C=O) groups is 2. The molecule has 0 aromatic rings. The van der Waals surface area contributed by atoms with E-state index >= 15 is 0 Å². The molecule has 2 unspecified atom stereocenters. The number of unbranched alkanes of at least 4 members (excludes halogenated alkanes) is 11. The van der Waals surface area contributed by atoms with Gasteiger partial charge in [0.1, 0.15) is 19.8 Å². The van der Waals surface area contributed by atoms with Crippen molar-refractivity contribution in [1.82, 2.24) is 0 Å². The van der Waals surface area contributed by atoms with E-state index in [0.717, 1.165) is 116 Å². The lowest BCUT2D eigenvalue weighted by atomic mass is 10.1. The van der Waals surface area contributed by atoms with Crippen molar-refractivity contribution < 1.29 is 42.1 Å². The van der Waals surface area contributed by atoms with Gasteiger partial charge < -0.3 is 18.9 Å². The molecule has 0 aliphatic heterocycles. The smallest absolute Gasteiger partial charge is 0.462 e. The largest absolute Gasteiger partial charge is 0.472 e. The Labute approximate surface area is 354 Å². The van der Waals surface area contributed by atoms with Gasteiger partial charge in [0, 0.05) is 12.8 Å². The van der Waals surface area contributed by atoms with Crippen molar-refractivity contribution in [2.24, 2.45) is 0 Å². The summed E-state index contributed by atoms with van der Waals surface area (Å²) in [6, 6.07) is 0. The van der Waals surface area contributed by atoms with Crippen LogP contribution in [0.4, 0.5) is 0 Å². The molecule has 0 bridgehead atoms. The Morgan fingerprint density at radius 3 is 1.38 bits per heavy atom. The van der Waals surface area contributed by atoms with E-state index in [1.807, 2.05) is 21.1 Å². The number of hydrogen-bond donors (Lipinski definition) is 1. The molecule has 0 amide bonds. The van der Waals surface area contributed by atoms with E-state index in [0.29, 0.717) is 23.9 Å². The van der Waals surface area contributed by atoms with Gasteiger partial charge in [-0.05, 0) is 83.5 Å². The topological polar surface area (TPSA) is 108 Å². The average molecular weight is 833 g/mol. The first kappa shape index (κ1) is 55.2. The predicted octanol–water partition coefficient (Wildman–Crippen LogP) is 12.8. The Hall–Kier alpha value is -2.81. The number of quaternary nitrogens is 1. The van der Waals surface area contributed by atoms with Crippen LogP contribution in [0, 0.1) is 0 Å². The molecule has 0 aliphatic rings. The average Bonchev–Trinajstić information content (AvgIpc) is 3.17. The molecule has 332 valence electrons. The summed E-state index contributed by atoms with van der Waals surface area (Å²) in [4.78, 5) is 35.4. The molecule has 0 aromatic carbocycles. The van der Waals surface area contributed by atoms with Crippen molar-refractivity contribution in [2.45, 2.75) is 161 Å². The maximum atomic E-state index is 12.7. The first-order valence-corrected chi connectivity index (χ1v) is 23.8. The van der Waals surface area contributed by atoms with E-state index < -0.39 is 32.5 Å². The van der Waals surface area contributed by atoms with Gasteiger partial charge in [0.2, 0.25) is 0 Å². The van der Waals surface area contributed by atoms with E-state index in [2.05, 4.69) is 98.9 Å². The highest BCUT2D eigenvalue weighted by molar-refractivity contribution is 7.47. The fraction of sp³-hybridized carbons (Fsp3) is 0.667. The number of carbonyl (C=O) groups excluding carboxylic acids is 2. The Balaban J connectivity index is 4.42. The number of phosphoric ester groups is 1. The van der Waals surface area contributed by atoms with E-state index in [-0.39, 0.29) is 26.1 Å². The summed E-state index contributed by atoms with van der Waals surface area (Å²) in [6.45, 7) is 4.14. The predicted molar refractivity (Wildman–Crippen MR) is 242 cm³/mol. The lowest BCUT2D eigenvalue weighted by Crippen LogP contribution is -2.37. The van der Waals surface area contributed by atoms with Crippen LogP contribution in [-0.4, -0.2) is 74.9 Å². The second-order valence-electron chi connectivity index (χ2n) is 15.7. The molecule has 1 N–H and O–H groups in total. The van der Waals surface area contributed by atoms with Crippen LogP contribution in [0.1, 0.15) is 155 Å². The van der Waals surface area contributed by atoms with Gasteiger partial charge in [-0.2, -0.15) is 0 Å². The highest BCUT2D eigenvalue weighted by Gasteiger charge is 2.27. The summed E-state index contributed by atoms with van der Waals surface area (Å²) in [6.07, 6.45) is 50.5. The molecule has 2 atom stereocenters. The number of hydrogen-bond acceptors (Lipinski definition) is 7. The highest BCUT2D eigenvalue weighted by atomic mass is 31.2. The standard InChI is InChI=1S/C48H82NO8P/c1-6-8-10-12-14-16-18-20-22-23-24-25-27-29-31-33-35-37-39-41-48(51)57-46(45-56-58(52,53)55-43-42-49(3,4)5)44-54-47(50)40-38-36-34-32-30-28-26-21-19-17-15-13-11-9-7-2/h8-11,14-17,20-22,24-26,46H,6-7,12-13,18-19,23,27-45H2,1-5H3/p+1/b10-8-,11-9-,16-14-,17-15-,22-20-,25-24-,26-21-. The number of nitrogens with zero attached hydrogens (tertiary/aromatic N) is 1. The van der Waals surface area contributed by atoms with Crippen LogP contribution in [0.15, 0.2) is 85.1 Å². The summed E-state index contributed by atoms with van der Waals surface area (Å²) in [5.74, 6) is -0.843. The lowest BCUT2D eigenvalue weighted by Gasteiger charge is -2.24. The molecule has 10 heteroatoms. The summed E-state index contributed by atoms with van der Waals surface area (Å²) in [5.41, 5.74) is 0. The van der Waals surface area contributed by atoms with E-state index in [9.17, 15) is 19.0 Å². The van der Waals surface area contributed by atoms with Gasteiger partial charge in [0.05, 0.1) is 27.7 Å². The molecular formula is C48H83NO8P+. The molecule has 0 saturated carbocycles. The molecule has 9 nitrogen and oxygen atoms in total. The fourth-order valence-corrected chi connectivity index (χ4v) is 6.23. The summed E-state index contributed by atoms with van der Waals surface area (Å²) >= 11 is 0. The van der Waals surface area contributed by atoms with Gasteiger partial charge in [-0.1, -0.05) is 144 Å². The summed E-state index contributed by atoms with van der Waals surface area (Å²) < 4.78 is 34.3. The van der Waals surface area contributed by atoms with Crippen LogP contribution in [0.5, 0.6) is 0 Å². The quantitative estimate of drug-likeness (QED) is 0.0214. The van der Waals surface area contributed by atoms with E-state index in [1.165, 1.54) is 0 Å². The molecule has 0 fully saturated rings. The first-order chi connectivity index (χ1) is 28.0. The molecular weight excluding hydrogens is 750 g/mol. The van der Waals surface area contributed by atoms with Gasteiger partial charge in [-0.25, -0.2) is 4.57 Å². The van der Waals surface area contributed by atoms with Gasteiger partial charge in [0.15, 0.2) is 6.10 Å². The van der Waals surface area contributed by atoms with Crippen molar-refractivity contribution in [2.75, 3.05) is 47.5 Å². The van der Waals surface area contributed by atoms with Crippen molar-refractivity contribution in [3.8, 4) is 0 Å². The minimum atomic E-state index is -4.39. The first-order valence-electron chi connectivity index (χ1n) is 22.3. The molecule has 0 aliphatic carbocycles. The number of likely N-dealkylation sites (N-methyl/N-ethyl adjacent to an activating group) is 1. The van der Waals surface area contributed by atoms with Crippen LogP contribution in [0.25, 0.3) is 0 Å². The molecule has 0 saturated heterocycles. The molecule has 0 spiro atoms. The Morgan fingerprint density at radius 2 is 0.931 bits per heavy atom. The van der Waals surface area contributed by atoms with E-state index in [1.54, 1.807) is 0 Å². The second-order valence-corrected chi connectivity index (χ2v) is 17.1. The van der Waals surface area contributed by atoms with Gasteiger partial charge in [-0.15, -0.1) is 0 Å². The normalized spacial score (nSPS) is 14.4. The SMILES string of the molecule is CC/C=C\C/C=C\C/C=C\C/C=C\CCCCCCCCC(=O)OC(COC(=O)CCCCCCC/C=C\C/C=C\C/C=C\CC)COP(=O)(O)OCC[N+](C)(C)C. The van der Waals surface area contributed by atoms with E-state index in [4.69, 9.17) is 18.5 Å². The molecule has 0 radical (unpaired) electrons. The number of esters is 2. The number of ether oxygens (including phenoxy) is 2.